The lowest BCUT2D eigenvalue weighted by molar-refractivity contribution is -0.0134. The topological polar surface area (TPSA) is 41.1 Å². The van der Waals surface area contributed by atoms with E-state index in [0.29, 0.717) is 6.54 Å². The van der Waals surface area contributed by atoms with Crippen molar-refractivity contribution >= 4 is 22.0 Å². The second-order valence-corrected chi connectivity index (χ2v) is 7.64. The summed E-state index contributed by atoms with van der Waals surface area (Å²) in [5.74, 6) is 2.59. The van der Waals surface area contributed by atoms with Crippen LogP contribution in [0.3, 0.4) is 0 Å². The first-order valence-corrected chi connectivity index (χ1v) is 7.73. The molecule has 4 heteroatoms. The van der Waals surface area contributed by atoms with Crippen LogP contribution in [0.2, 0.25) is 0 Å². The van der Waals surface area contributed by atoms with Crippen LogP contribution in [0.1, 0.15) is 38.5 Å². The number of carbonyl (C=O) groups is 1. The number of nitrogens with one attached hydrogen (secondary N) is 2. The third-order valence-corrected chi connectivity index (χ3v) is 5.14. The van der Waals surface area contributed by atoms with Gasteiger partial charge in [0.2, 0.25) is 0 Å². The summed E-state index contributed by atoms with van der Waals surface area (Å²) in [5.41, 5.74) is 0.104. The first-order chi connectivity index (χ1) is 8.55. The van der Waals surface area contributed by atoms with Crippen LogP contribution < -0.4 is 10.6 Å². The molecule has 4 aliphatic carbocycles. The minimum atomic E-state index is -0.0300. The molecule has 4 saturated carbocycles. The molecule has 3 nitrogen and oxygen atoms in total. The van der Waals surface area contributed by atoms with E-state index in [9.17, 15) is 4.79 Å². The molecule has 0 aromatic carbocycles. The van der Waals surface area contributed by atoms with Crippen molar-refractivity contribution in [2.45, 2.75) is 44.1 Å². The molecule has 0 aromatic heterocycles. The van der Waals surface area contributed by atoms with E-state index in [1.54, 1.807) is 0 Å². The number of hydrogen-bond acceptors (Lipinski definition) is 1. The standard InChI is InChI=1S/C14H21BrN2O/c1-9(15)8-16-13(18)17-14-5-10-2-11(6-14)4-12(3-10)7-14/h10-12H,1-8H2,(H2,16,17,18). The molecule has 18 heavy (non-hydrogen) atoms. The number of amides is 2. The van der Waals surface area contributed by atoms with Gasteiger partial charge < -0.3 is 10.6 Å². The Morgan fingerprint density at radius 3 is 2.11 bits per heavy atom. The van der Waals surface area contributed by atoms with Crippen LogP contribution >= 0.6 is 15.9 Å². The van der Waals surface area contributed by atoms with Gasteiger partial charge in [0.05, 0.1) is 6.54 Å². The predicted octanol–water partition coefficient (Wildman–Crippen LogP) is 3.16. The average Bonchev–Trinajstić information content (AvgIpc) is 2.23. The molecule has 100 valence electrons. The molecule has 4 rings (SSSR count). The van der Waals surface area contributed by atoms with E-state index in [-0.39, 0.29) is 11.6 Å². The van der Waals surface area contributed by atoms with Crippen molar-refractivity contribution in [2.75, 3.05) is 6.54 Å². The van der Waals surface area contributed by atoms with E-state index in [1.807, 2.05) is 0 Å². The normalized spacial score (nSPS) is 40.6. The smallest absolute Gasteiger partial charge is 0.315 e. The maximum Gasteiger partial charge on any atom is 0.315 e. The summed E-state index contributed by atoms with van der Waals surface area (Å²) < 4.78 is 0.808. The molecule has 0 unspecified atom stereocenters. The van der Waals surface area contributed by atoms with E-state index < -0.39 is 0 Å². The maximum absolute atomic E-state index is 11.9. The molecule has 2 N–H and O–H groups in total. The molecule has 0 saturated heterocycles. The summed E-state index contributed by atoms with van der Waals surface area (Å²) in [7, 11) is 0. The highest BCUT2D eigenvalue weighted by molar-refractivity contribution is 9.11. The zero-order valence-electron chi connectivity index (χ0n) is 10.7. The first-order valence-electron chi connectivity index (χ1n) is 6.94. The van der Waals surface area contributed by atoms with Gasteiger partial charge in [-0.25, -0.2) is 4.79 Å². The van der Waals surface area contributed by atoms with Crippen molar-refractivity contribution in [3.8, 4) is 0 Å². The molecular weight excluding hydrogens is 292 g/mol. The molecule has 0 spiro atoms. The van der Waals surface area contributed by atoms with Crippen LogP contribution in [-0.4, -0.2) is 18.1 Å². The number of carbonyl (C=O) groups excluding carboxylic acids is 1. The fourth-order valence-electron chi connectivity index (χ4n) is 4.72. The van der Waals surface area contributed by atoms with Crippen LogP contribution in [0, 0.1) is 17.8 Å². The lowest BCUT2D eigenvalue weighted by Crippen LogP contribution is -2.61. The Bertz CT molecular complexity index is 345. The Morgan fingerprint density at radius 1 is 1.17 bits per heavy atom. The molecular formula is C14H21BrN2O. The van der Waals surface area contributed by atoms with E-state index in [0.717, 1.165) is 22.2 Å². The molecule has 0 radical (unpaired) electrons. The molecule has 0 heterocycles. The van der Waals surface area contributed by atoms with Gasteiger partial charge in [-0.2, -0.15) is 0 Å². The number of hydrogen-bond donors (Lipinski definition) is 2. The molecule has 4 fully saturated rings. The van der Waals surface area contributed by atoms with Gasteiger partial charge in [-0.05, 0) is 56.3 Å². The minimum absolute atomic E-state index is 0.0300. The highest BCUT2D eigenvalue weighted by Gasteiger charge is 2.51. The van der Waals surface area contributed by atoms with Crippen LogP contribution in [0.15, 0.2) is 11.1 Å². The van der Waals surface area contributed by atoms with Gasteiger partial charge in [-0.3, -0.25) is 0 Å². The number of halogens is 1. The molecule has 0 atom stereocenters. The van der Waals surface area contributed by atoms with Crippen molar-refractivity contribution in [2.24, 2.45) is 17.8 Å². The first kappa shape index (κ1) is 12.5. The number of rotatable bonds is 3. The Kier molecular flexibility index (Phi) is 3.16. The Balaban J connectivity index is 1.61. The second kappa shape index (κ2) is 4.55. The zero-order valence-corrected chi connectivity index (χ0v) is 12.3. The van der Waals surface area contributed by atoms with Crippen LogP contribution in [-0.2, 0) is 0 Å². The summed E-state index contributed by atoms with van der Waals surface area (Å²) in [4.78, 5) is 11.9. The van der Waals surface area contributed by atoms with Gasteiger partial charge in [0.1, 0.15) is 0 Å². The SMILES string of the molecule is C=C(Br)CNC(=O)NC12CC3CC(CC(C3)C1)C2. The monoisotopic (exact) mass is 312 g/mol. The van der Waals surface area contributed by atoms with E-state index in [4.69, 9.17) is 0 Å². The summed E-state index contributed by atoms with van der Waals surface area (Å²) in [6.07, 6.45) is 7.80. The quantitative estimate of drug-likeness (QED) is 0.825. The molecule has 4 aliphatic rings. The lowest BCUT2D eigenvalue weighted by atomic mass is 9.53. The fourth-order valence-corrected chi connectivity index (χ4v) is 4.87. The van der Waals surface area contributed by atoms with Gasteiger partial charge in [0.15, 0.2) is 0 Å². The third kappa shape index (κ3) is 2.44. The molecule has 4 bridgehead atoms. The lowest BCUT2D eigenvalue weighted by Gasteiger charge is -2.56. The summed E-state index contributed by atoms with van der Waals surface area (Å²) in [5, 5.41) is 6.13. The van der Waals surface area contributed by atoms with Crippen LogP contribution in [0.25, 0.3) is 0 Å². The highest BCUT2D eigenvalue weighted by Crippen LogP contribution is 2.55. The van der Waals surface area contributed by atoms with Crippen molar-refractivity contribution in [3.63, 3.8) is 0 Å². The predicted molar refractivity (Wildman–Crippen MR) is 75.5 cm³/mol. The van der Waals surface area contributed by atoms with E-state index in [2.05, 4.69) is 33.1 Å². The fraction of sp³-hybridized carbons (Fsp3) is 0.786. The Hall–Kier alpha value is -0.510. The zero-order chi connectivity index (χ0) is 12.8. The van der Waals surface area contributed by atoms with Crippen molar-refractivity contribution in [1.29, 1.82) is 0 Å². The molecule has 0 aromatic rings. The van der Waals surface area contributed by atoms with Crippen molar-refractivity contribution in [3.05, 3.63) is 11.1 Å². The highest BCUT2D eigenvalue weighted by atomic mass is 79.9. The maximum atomic E-state index is 11.9. The Morgan fingerprint density at radius 2 is 1.67 bits per heavy atom. The van der Waals surface area contributed by atoms with Gasteiger partial charge in [-0.1, -0.05) is 22.5 Å². The van der Waals surface area contributed by atoms with Gasteiger partial charge >= 0.3 is 6.03 Å². The molecule has 0 aliphatic heterocycles. The van der Waals surface area contributed by atoms with Crippen LogP contribution in [0.5, 0.6) is 0 Å². The van der Waals surface area contributed by atoms with Gasteiger partial charge in [0.25, 0.3) is 0 Å². The average molecular weight is 313 g/mol. The van der Waals surface area contributed by atoms with E-state index in [1.165, 1.54) is 38.5 Å². The summed E-state index contributed by atoms with van der Waals surface area (Å²) in [6.45, 7) is 4.23. The van der Waals surface area contributed by atoms with E-state index >= 15 is 0 Å². The summed E-state index contributed by atoms with van der Waals surface area (Å²) >= 11 is 3.26. The van der Waals surface area contributed by atoms with Crippen molar-refractivity contribution in [1.82, 2.24) is 10.6 Å². The second-order valence-electron chi connectivity index (χ2n) is 6.52. The van der Waals surface area contributed by atoms with Crippen molar-refractivity contribution < 1.29 is 4.79 Å². The van der Waals surface area contributed by atoms with Crippen LogP contribution in [0.4, 0.5) is 4.79 Å². The Labute approximate surface area is 117 Å². The minimum Gasteiger partial charge on any atom is -0.334 e. The third-order valence-electron chi connectivity index (χ3n) is 4.86. The number of urea groups is 1. The van der Waals surface area contributed by atoms with Gasteiger partial charge in [-0.15, -0.1) is 0 Å². The summed E-state index contributed by atoms with van der Waals surface area (Å²) in [6, 6.07) is -0.0300. The van der Waals surface area contributed by atoms with Gasteiger partial charge in [0, 0.05) is 10.0 Å². The largest absolute Gasteiger partial charge is 0.334 e. The molecule has 2 amide bonds.